The Morgan fingerprint density at radius 1 is 1.25 bits per heavy atom. The lowest BCUT2D eigenvalue weighted by Crippen LogP contribution is -2.42. The second-order valence-corrected chi connectivity index (χ2v) is 6.44. The first-order chi connectivity index (χ1) is 9.76. The molecule has 0 heterocycles. The Kier molecular flexibility index (Phi) is 4.23. The fourth-order valence-electron chi connectivity index (χ4n) is 3.34. The lowest BCUT2D eigenvalue weighted by atomic mass is 9.81. The molecule has 0 saturated heterocycles. The van der Waals surface area contributed by atoms with Gasteiger partial charge in [-0.1, -0.05) is 48.9 Å². The molecular weight excluding hydrogens is 244 g/mol. The third kappa shape index (κ3) is 3.31. The summed E-state index contributed by atoms with van der Waals surface area (Å²) in [5.41, 5.74) is 8.77. The van der Waals surface area contributed by atoms with Gasteiger partial charge in [0, 0.05) is 12.1 Å². The van der Waals surface area contributed by atoms with Gasteiger partial charge in [-0.05, 0) is 49.6 Å². The molecule has 2 saturated carbocycles. The van der Waals surface area contributed by atoms with E-state index in [0.29, 0.717) is 12.1 Å². The fourth-order valence-corrected chi connectivity index (χ4v) is 3.34. The van der Waals surface area contributed by atoms with Crippen LogP contribution in [0.15, 0.2) is 35.9 Å². The predicted molar refractivity (Wildman–Crippen MR) is 85.3 cm³/mol. The van der Waals surface area contributed by atoms with E-state index in [1.807, 2.05) is 0 Å². The van der Waals surface area contributed by atoms with Crippen LogP contribution in [0.1, 0.15) is 38.2 Å². The van der Waals surface area contributed by atoms with Crippen molar-refractivity contribution in [3.8, 4) is 0 Å². The van der Waals surface area contributed by atoms with Gasteiger partial charge in [0.1, 0.15) is 0 Å². The summed E-state index contributed by atoms with van der Waals surface area (Å²) < 4.78 is 0. The van der Waals surface area contributed by atoms with E-state index in [2.05, 4.69) is 48.6 Å². The molecule has 108 valence electrons. The van der Waals surface area contributed by atoms with Crippen LogP contribution in [0.5, 0.6) is 0 Å². The summed E-state index contributed by atoms with van der Waals surface area (Å²) in [6.07, 6.45) is 7.28. The van der Waals surface area contributed by atoms with Crippen molar-refractivity contribution in [1.82, 2.24) is 5.32 Å². The van der Waals surface area contributed by atoms with E-state index in [-0.39, 0.29) is 0 Å². The number of hydrogen-bond donors (Lipinski definition) is 2. The molecule has 2 unspecified atom stereocenters. The molecule has 20 heavy (non-hydrogen) atoms. The summed E-state index contributed by atoms with van der Waals surface area (Å²) in [6.45, 7) is 3.44. The van der Waals surface area contributed by atoms with Gasteiger partial charge in [0.15, 0.2) is 0 Å². The second kappa shape index (κ2) is 6.11. The molecule has 2 aliphatic carbocycles. The zero-order valence-corrected chi connectivity index (χ0v) is 12.4. The molecule has 0 aliphatic heterocycles. The van der Waals surface area contributed by atoms with E-state index in [1.165, 1.54) is 24.8 Å². The van der Waals surface area contributed by atoms with Crippen LogP contribution in [0.2, 0.25) is 0 Å². The standard InChI is InChI=1S/C18H26N2/c1-2-15(8-13-6-4-3-5-7-13)17-11-18(17)20-12-14-9-16(19)10-14/h3-8,14,16-18,20H,2,9-12,19H2,1H3/b15-8+. The van der Waals surface area contributed by atoms with Gasteiger partial charge in [0.25, 0.3) is 0 Å². The monoisotopic (exact) mass is 270 g/mol. The van der Waals surface area contributed by atoms with Crippen LogP contribution in [-0.2, 0) is 0 Å². The van der Waals surface area contributed by atoms with E-state index in [9.17, 15) is 0 Å². The summed E-state index contributed by atoms with van der Waals surface area (Å²) in [7, 11) is 0. The van der Waals surface area contributed by atoms with Crippen molar-refractivity contribution in [2.75, 3.05) is 6.54 Å². The molecule has 1 aromatic rings. The van der Waals surface area contributed by atoms with Gasteiger partial charge in [-0.2, -0.15) is 0 Å². The first kappa shape index (κ1) is 13.8. The van der Waals surface area contributed by atoms with Crippen LogP contribution in [0.4, 0.5) is 0 Å². The minimum atomic E-state index is 0.473. The Morgan fingerprint density at radius 2 is 2.00 bits per heavy atom. The average Bonchev–Trinajstić information content (AvgIpc) is 3.20. The fraction of sp³-hybridized carbons (Fsp3) is 0.556. The minimum Gasteiger partial charge on any atom is -0.328 e. The summed E-state index contributed by atoms with van der Waals surface area (Å²) in [6, 6.07) is 11.9. The highest BCUT2D eigenvalue weighted by Gasteiger charge is 2.39. The van der Waals surface area contributed by atoms with Crippen molar-refractivity contribution in [2.24, 2.45) is 17.6 Å². The maximum absolute atomic E-state index is 5.84. The Morgan fingerprint density at radius 3 is 2.65 bits per heavy atom. The van der Waals surface area contributed by atoms with Crippen LogP contribution in [0.25, 0.3) is 6.08 Å². The molecular formula is C18H26N2. The highest BCUT2D eigenvalue weighted by Crippen LogP contribution is 2.40. The predicted octanol–water partition coefficient (Wildman–Crippen LogP) is 3.20. The Balaban J connectivity index is 1.50. The van der Waals surface area contributed by atoms with Crippen molar-refractivity contribution in [1.29, 1.82) is 0 Å². The zero-order valence-electron chi connectivity index (χ0n) is 12.4. The summed E-state index contributed by atoms with van der Waals surface area (Å²) >= 11 is 0. The molecule has 3 rings (SSSR count). The van der Waals surface area contributed by atoms with Crippen LogP contribution < -0.4 is 11.1 Å². The van der Waals surface area contributed by atoms with E-state index >= 15 is 0 Å². The largest absolute Gasteiger partial charge is 0.328 e. The zero-order chi connectivity index (χ0) is 13.9. The molecule has 0 amide bonds. The maximum Gasteiger partial charge on any atom is 0.0140 e. The van der Waals surface area contributed by atoms with E-state index in [1.54, 1.807) is 5.57 Å². The van der Waals surface area contributed by atoms with Gasteiger partial charge < -0.3 is 11.1 Å². The van der Waals surface area contributed by atoms with E-state index in [4.69, 9.17) is 5.73 Å². The molecule has 2 heteroatoms. The molecule has 2 nitrogen and oxygen atoms in total. The van der Waals surface area contributed by atoms with Crippen LogP contribution in [0, 0.1) is 11.8 Å². The quantitative estimate of drug-likeness (QED) is 0.833. The number of rotatable bonds is 6. The highest BCUT2D eigenvalue weighted by molar-refractivity contribution is 5.54. The van der Waals surface area contributed by atoms with E-state index in [0.717, 1.165) is 24.8 Å². The number of nitrogens with one attached hydrogen (secondary N) is 1. The SMILES string of the molecule is CC/C(=C\c1ccccc1)C1CC1NCC1CC(N)C1. The number of hydrogen-bond acceptors (Lipinski definition) is 2. The minimum absolute atomic E-state index is 0.473. The molecule has 0 spiro atoms. The lowest BCUT2D eigenvalue weighted by Gasteiger charge is -2.32. The molecule has 1 aromatic carbocycles. The smallest absolute Gasteiger partial charge is 0.0140 e. The first-order valence-electron chi connectivity index (χ1n) is 8.00. The summed E-state index contributed by atoms with van der Waals surface area (Å²) in [5, 5.41) is 3.73. The van der Waals surface area contributed by atoms with Gasteiger partial charge in [-0.3, -0.25) is 0 Å². The van der Waals surface area contributed by atoms with Crippen LogP contribution in [-0.4, -0.2) is 18.6 Å². The first-order valence-corrected chi connectivity index (χ1v) is 8.00. The molecule has 2 aliphatic rings. The van der Waals surface area contributed by atoms with Crippen molar-refractivity contribution in [3.63, 3.8) is 0 Å². The molecule has 2 atom stereocenters. The highest BCUT2D eigenvalue weighted by atomic mass is 15.0. The molecule has 0 aromatic heterocycles. The molecule has 0 bridgehead atoms. The molecule has 2 fully saturated rings. The Hall–Kier alpha value is -1.12. The van der Waals surface area contributed by atoms with Gasteiger partial charge in [0.05, 0.1) is 0 Å². The third-order valence-electron chi connectivity index (χ3n) is 4.77. The second-order valence-electron chi connectivity index (χ2n) is 6.44. The lowest BCUT2D eigenvalue weighted by molar-refractivity contribution is 0.255. The van der Waals surface area contributed by atoms with Gasteiger partial charge in [-0.25, -0.2) is 0 Å². The third-order valence-corrected chi connectivity index (χ3v) is 4.77. The van der Waals surface area contributed by atoms with E-state index < -0.39 is 0 Å². The van der Waals surface area contributed by atoms with Gasteiger partial charge in [-0.15, -0.1) is 0 Å². The molecule has 0 radical (unpaired) electrons. The van der Waals surface area contributed by atoms with Crippen molar-refractivity contribution < 1.29 is 0 Å². The summed E-state index contributed by atoms with van der Waals surface area (Å²) in [4.78, 5) is 0. The topological polar surface area (TPSA) is 38.0 Å². The number of benzene rings is 1. The number of nitrogens with two attached hydrogens (primary N) is 1. The van der Waals surface area contributed by atoms with Gasteiger partial charge in [0.2, 0.25) is 0 Å². The maximum atomic E-state index is 5.84. The molecule has 3 N–H and O–H groups in total. The normalized spacial score (nSPS) is 32.8. The van der Waals surface area contributed by atoms with Crippen LogP contribution in [0.3, 0.4) is 0 Å². The van der Waals surface area contributed by atoms with Crippen LogP contribution >= 0.6 is 0 Å². The summed E-state index contributed by atoms with van der Waals surface area (Å²) in [5.74, 6) is 1.59. The van der Waals surface area contributed by atoms with Crippen molar-refractivity contribution in [2.45, 2.75) is 44.7 Å². The average molecular weight is 270 g/mol. The Labute approximate surface area is 122 Å². The van der Waals surface area contributed by atoms with Crippen molar-refractivity contribution >= 4 is 6.08 Å². The Bertz CT molecular complexity index is 460. The van der Waals surface area contributed by atoms with Gasteiger partial charge >= 0.3 is 0 Å². The van der Waals surface area contributed by atoms with Crippen molar-refractivity contribution in [3.05, 3.63) is 41.5 Å².